The van der Waals surface area contributed by atoms with Gasteiger partial charge in [-0.05, 0) is 56.6 Å². The first-order valence-electron chi connectivity index (χ1n) is 6.13. The minimum absolute atomic E-state index is 1.27. The van der Waals surface area contributed by atoms with E-state index < -0.39 is 0 Å². The van der Waals surface area contributed by atoms with Gasteiger partial charge in [-0.3, -0.25) is 0 Å². The third-order valence-corrected chi connectivity index (χ3v) is 3.55. The Hall–Kier alpha value is -2.34. The van der Waals surface area contributed by atoms with Crippen molar-refractivity contribution in [3.63, 3.8) is 0 Å². The molecule has 0 fully saturated rings. The molecule has 0 N–H and O–H groups in total. The fourth-order valence-electron chi connectivity index (χ4n) is 2.63. The van der Waals surface area contributed by atoms with E-state index in [-0.39, 0.29) is 0 Å². The molecule has 18 heavy (non-hydrogen) atoms. The van der Waals surface area contributed by atoms with Crippen molar-refractivity contribution in [3.8, 4) is 0 Å². The maximum absolute atomic E-state index is 3.18. The van der Waals surface area contributed by atoms with Crippen LogP contribution in [-0.2, 0) is 0 Å². The molecule has 0 heterocycles. The molecule has 0 aromatic heterocycles. The fourth-order valence-corrected chi connectivity index (χ4v) is 2.63. The van der Waals surface area contributed by atoms with Crippen LogP contribution in [0.1, 0.15) is 0 Å². The summed E-state index contributed by atoms with van der Waals surface area (Å²) in [5.41, 5.74) is 0. The molecule has 4 aromatic rings. The summed E-state index contributed by atoms with van der Waals surface area (Å²) in [5.74, 6) is 0. The maximum atomic E-state index is 3.18. The number of hydrogen-bond acceptors (Lipinski definition) is 0. The smallest absolute Gasteiger partial charge is 0.00988 e. The molecule has 1 radical (unpaired) electrons. The second kappa shape index (κ2) is 3.58. The SMILES string of the molecule is [c]1ccc2ccc3cc4ccccc4cc3c2c1. The summed E-state index contributed by atoms with van der Waals surface area (Å²) >= 11 is 0. The number of fused-ring (bicyclic) bond motifs is 4. The fraction of sp³-hybridized carbons (Fsp3) is 0. The molecule has 0 aliphatic carbocycles. The highest BCUT2D eigenvalue weighted by Crippen LogP contribution is 2.29. The first kappa shape index (κ1) is 9.67. The van der Waals surface area contributed by atoms with Crippen LogP contribution in [-0.4, -0.2) is 0 Å². The molecule has 0 saturated heterocycles. The lowest BCUT2D eigenvalue weighted by atomic mass is 9.98. The van der Waals surface area contributed by atoms with Crippen molar-refractivity contribution in [2.24, 2.45) is 0 Å². The first-order chi connectivity index (χ1) is 8.92. The normalized spacial score (nSPS) is 11.3. The number of hydrogen-bond donors (Lipinski definition) is 0. The van der Waals surface area contributed by atoms with Crippen molar-refractivity contribution in [3.05, 3.63) is 72.8 Å². The molecule has 83 valence electrons. The monoisotopic (exact) mass is 227 g/mol. The zero-order valence-corrected chi connectivity index (χ0v) is 9.85. The molecule has 0 bridgehead atoms. The lowest BCUT2D eigenvalue weighted by Gasteiger charge is -2.06. The lowest BCUT2D eigenvalue weighted by molar-refractivity contribution is 1.76. The van der Waals surface area contributed by atoms with Crippen molar-refractivity contribution in [2.45, 2.75) is 0 Å². The Morgan fingerprint density at radius 2 is 1.39 bits per heavy atom. The van der Waals surface area contributed by atoms with Gasteiger partial charge in [-0.25, -0.2) is 0 Å². The van der Waals surface area contributed by atoms with Crippen molar-refractivity contribution < 1.29 is 0 Å². The van der Waals surface area contributed by atoms with Gasteiger partial charge in [0.15, 0.2) is 0 Å². The number of rotatable bonds is 0. The predicted molar refractivity (Wildman–Crippen MR) is 77.8 cm³/mol. The highest BCUT2D eigenvalue weighted by Gasteiger charge is 2.01. The Kier molecular flexibility index (Phi) is 1.92. The van der Waals surface area contributed by atoms with Crippen molar-refractivity contribution in [1.82, 2.24) is 0 Å². The van der Waals surface area contributed by atoms with Crippen LogP contribution in [0.5, 0.6) is 0 Å². The van der Waals surface area contributed by atoms with Gasteiger partial charge in [0.1, 0.15) is 0 Å². The zero-order chi connectivity index (χ0) is 11.9. The van der Waals surface area contributed by atoms with Crippen LogP contribution in [0.2, 0.25) is 0 Å². The molecule has 0 spiro atoms. The van der Waals surface area contributed by atoms with Crippen LogP contribution in [0, 0.1) is 6.07 Å². The van der Waals surface area contributed by atoms with E-state index in [9.17, 15) is 0 Å². The van der Waals surface area contributed by atoms with Crippen LogP contribution in [0.4, 0.5) is 0 Å². The largest absolute Gasteiger partial charge is 0.0616 e. The quantitative estimate of drug-likeness (QED) is 0.294. The molecular weight excluding hydrogens is 216 g/mol. The van der Waals surface area contributed by atoms with E-state index in [2.05, 4.69) is 66.7 Å². The van der Waals surface area contributed by atoms with Gasteiger partial charge in [0.2, 0.25) is 0 Å². The molecule has 0 atom stereocenters. The minimum atomic E-state index is 1.27. The summed E-state index contributed by atoms with van der Waals surface area (Å²) in [5, 5.41) is 7.74. The van der Waals surface area contributed by atoms with Gasteiger partial charge in [-0.1, -0.05) is 48.5 Å². The van der Waals surface area contributed by atoms with E-state index in [4.69, 9.17) is 0 Å². The summed E-state index contributed by atoms with van der Waals surface area (Å²) in [6, 6.07) is 26.8. The third kappa shape index (κ3) is 1.32. The van der Waals surface area contributed by atoms with Crippen molar-refractivity contribution in [2.75, 3.05) is 0 Å². The van der Waals surface area contributed by atoms with Crippen LogP contribution in [0.3, 0.4) is 0 Å². The van der Waals surface area contributed by atoms with E-state index in [0.717, 1.165) is 0 Å². The zero-order valence-electron chi connectivity index (χ0n) is 9.85. The summed E-state index contributed by atoms with van der Waals surface area (Å²) in [7, 11) is 0. The van der Waals surface area contributed by atoms with Gasteiger partial charge >= 0.3 is 0 Å². The Labute approximate surface area is 105 Å². The third-order valence-electron chi connectivity index (χ3n) is 3.55. The second-order valence-electron chi connectivity index (χ2n) is 4.63. The molecular formula is C18H11. The van der Waals surface area contributed by atoms with Crippen LogP contribution in [0.15, 0.2) is 66.7 Å². The molecule has 0 heteroatoms. The molecule has 4 rings (SSSR count). The van der Waals surface area contributed by atoms with E-state index in [1.807, 2.05) is 6.07 Å². The summed E-state index contributed by atoms with van der Waals surface area (Å²) in [6.45, 7) is 0. The van der Waals surface area contributed by atoms with Gasteiger partial charge < -0.3 is 0 Å². The summed E-state index contributed by atoms with van der Waals surface area (Å²) < 4.78 is 0. The first-order valence-corrected chi connectivity index (χ1v) is 6.13. The van der Waals surface area contributed by atoms with Crippen LogP contribution in [0.25, 0.3) is 32.3 Å². The molecule has 0 nitrogen and oxygen atoms in total. The molecule has 0 saturated carbocycles. The summed E-state index contributed by atoms with van der Waals surface area (Å²) in [6.07, 6.45) is 0. The lowest BCUT2D eigenvalue weighted by Crippen LogP contribution is -1.79. The van der Waals surface area contributed by atoms with Gasteiger partial charge in [0, 0.05) is 0 Å². The molecule has 0 unspecified atom stereocenters. The van der Waals surface area contributed by atoms with E-state index in [1.54, 1.807) is 0 Å². The Balaban J connectivity index is 2.27. The topological polar surface area (TPSA) is 0 Å². The molecule has 4 aromatic carbocycles. The average Bonchev–Trinajstić information content (AvgIpc) is 2.45. The molecule has 0 amide bonds. The molecule has 0 aliphatic rings. The van der Waals surface area contributed by atoms with Crippen molar-refractivity contribution >= 4 is 32.3 Å². The van der Waals surface area contributed by atoms with Crippen LogP contribution < -0.4 is 0 Å². The van der Waals surface area contributed by atoms with E-state index in [0.29, 0.717) is 0 Å². The van der Waals surface area contributed by atoms with Crippen molar-refractivity contribution in [1.29, 1.82) is 0 Å². The van der Waals surface area contributed by atoms with Gasteiger partial charge in [0.25, 0.3) is 0 Å². The highest BCUT2D eigenvalue weighted by molar-refractivity contribution is 6.11. The van der Waals surface area contributed by atoms with Gasteiger partial charge in [-0.2, -0.15) is 0 Å². The van der Waals surface area contributed by atoms with E-state index >= 15 is 0 Å². The Morgan fingerprint density at radius 1 is 0.611 bits per heavy atom. The standard InChI is InChI=1S/C18H11/c1-2-7-15-12-18-16(11-14(15)6-1)10-9-13-5-3-4-8-17(13)18/h1-3,5-12H. The Bertz CT molecular complexity index is 866. The average molecular weight is 227 g/mol. The van der Waals surface area contributed by atoms with Crippen LogP contribution >= 0.6 is 0 Å². The molecule has 0 aliphatic heterocycles. The van der Waals surface area contributed by atoms with E-state index in [1.165, 1.54) is 32.3 Å². The summed E-state index contributed by atoms with van der Waals surface area (Å²) in [4.78, 5) is 0. The second-order valence-corrected chi connectivity index (χ2v) is 4.63. The van der Waals surface area contributed by atoms with Gasteiger partial charge in [-0.15, -0.1) is 0 Å². The van der Waals surface area contributed by atoms with Gasteiger partial charge in [0.05, 0.1) is 0 Å². The maximum Gasteiger partial charge on any atom is -0.00988 e. The Morgan fingerprint density at radius 3 is 2.28 bits per heavy atom. The predicted octanol–water partition coefficient (Wildman–Crippen LogP) is 4.95. The minimum Gasteiger partial charge on any atom is -0.0616 e. The highest BCUT2D eigenvalue weighted by atomic mass is 14.1. The number of benzene rings is 4.